The molecule has 0 aliphatic carbocycles. The minimum Gasteiger partial charge on any atom is -0.494 e. The summed E-state index contributed by atoms with van der Waals surface area (Å²) in [7, 11) is 1.37. The van der Waals surface area contributed by atoms with E-state index in [9.17, 15) is 9.18 Å². The van der Waals surface area contributed by atoms with Gasteiger partial charge in [0.15, 0.2) is 16.3 Å². The van der Waals surface area contributed by atoms with Crippen molar-refractivity contribution in [3.63, 3.8) is 0 Å². The van der Waals surface area contributed by atoms with Crippen molar-refractivity contribution in [2.24, 2.45) is 5.73 Å². The lowest BCUT2D eigenvalue weighted by Gasteiger charge is -2.04. The SMILES string of the molecule is COc1cc2c(cc1F)[nH]c(=S)n2CC(N)=O. The van der Waals surface area contributed by atoms with Gasteiger partial charge in [0, 0.05) is 12.1 Å². The number of methoxy groups -OCH3 is 1. The summed E-state index contributed by atoms with van der Waals surface area (Å²) in [5.74, 6) is -0.933. The predicted octanol–water partition coefficient (Wildman–Crippen LogP) is 1.33. The smallest absolute Gasteiger partial charge is 0.237 e. The summed E-state index contributed by atoms with van der Waals surface area (Å²) in [4.78, 5) is 13.7. The van der Waals surface area contributed by atoms with Gasteiger partial charge in [0.05, 0.1) is 18.1 Å². The summed E-state index contributed by atoms with van der Waals surface area (Å²) >= 11 is 5.03. The topological polar surface area (TPSA) is 73.0 Å². The van der Waals surface area contributed by atoms with Gasteiger partial charge in [0.1, 0.15) is 6.54 Å². The number of H-pyrrole nitrogens is 1. The molecule has 0 saturated carbocycles. The number of nitrogens with two attached hydrogens (primary N) is 1. The Balaban J connectivity index is 2.71. The maximum atomic E-state index is 13.4. The Morgan fingerprint density at radius 3 is 2.94 bits per heavy atom. The number of nitrogens with zero attached hydrogens (tertiary/aromatic N) is 1. The van der Waals surface area contributed by atoms with Crippen LogP contribution in [0.15, 0.2) is 12.1 Å². The number of nitrogens with one attached hydrogen (secondary N) is 1. The first-order valence-corrected chi connectivity index (χ1v) is 5.18. The van der Waals surface area contributed by atoms with Crippen molar-refractivity contribution < 1.29 is 13.9 Å². The molecule has 0 aliphatic heterocycles. The number of rotatable bonds is 3. The van der Waals surface area contributed by atoms with Gasteiger partial charge in [-0.3, -0.25) is 4.79 Å². The Hall–Kier alpha value is -1.89. The summed E-state index contributed by atoms with van der Waals surface area (Å²) < 4.78 is 20.1. The zero-order valence-electron chi connectivity index (χ0n) is 8.99. The second-order valence-electron chi connectivity index (χ2n) is 3.49. The fourth-order valence-electron chi connectivity index (χ4n) is 1.63. The van der Waals surface area contributed by atoms with Crippen molar-refractivity contribution in [3.05, 3.63) is 22.7 Å². The zero-order chi connectivity index (χ0) is 12.6. The first kappa shape index (κ1) is 11.6. The van der Waals surface area contributed by atoms with Crippen LogP contribution >= 0.6 is 12.2 Å². The van der Waals surface area contributed by atoms with Crippen molar-refractivity contribution in [2.75, 3.05) is 7.11 Å². The molecule has 2 rings (SSSR count). The highest BCUT2D eigenvalue weighted by atomic mass is 32.1. The van der Waals surface area contributed by atoms with Crippen LogP contribution in [-0.2, 0) is 11.3 Å². The number of aromatic amines is 1. The molecule has 1 heterocycles. The van der Waals surface area contributed by atoms with Gasteiger partial charge in [-0.25, -0.2) is 4.39 Å². The number of ether oxygens (including phenoxy) is 1. The summed E-state index contributed by atoms with van der Waals surface area (Å²) in [6.07, 6.45) is 0. The van der Waals surface area contributed by atoms with Gasteiger partial charge in [-0.2, -0.15) is 0 Å². The van der Waals surface area contributed by atoms with Crippen LogP contribution < -0.4 is 10.5 Å². The van der Waals surface area contributed by atoms with Crippen molar-refractivity contribution in [1.82, 2.24) is 9.55 Å². The Morgan fingerprint density at radius 2 is 2.35 bits per heavy atom. The van der Waals surface area contributed by atoms with Gasteiger partial charge in [0.25, 0.3) is 0 Å². The molecular weight excluding hydrogens is 245 g/mol. The molecule has 0 fully saturated rings. The van der Waals surface area contributed by atoms with Crippen LogP contribution in [0.1, 0.15) is 0 Å². The molecule has 1 aromatic carbocycles. The number of benzene rings is 1. The van der Waals surface area contributed by atoms with Gasteiger partial charge in [-0.15, -0.1) is 0 Å². The predicted molar refractivity (Wildman–Crippen MR) is 62.8 cm³/mol. The third kappa shape index (κ3) is 2.01. The van der Waals surface area contributed by atoms with Gasteiger partial charge >= 0.3 is 0 Å². The third-order valence-corrected chi connectivity index (χ3v) is 2.68. The first-order valence-electron chi connectivity index (χ1n) is 4.77. The molecular formula is C10H10FN3O2S. The third-order valence-electron chi connectivity index (χ3n) is 2.36. The minimum absolute atomic E-state index is 0.0619. The van der Waals surface area contributed by atoms with E-state index in [1.165, 1.54) is 23.8 Å². The molecule has 17 heavy (non-hydrogen) atoms. The number of aromatic nitrogens is 2. The molecule has 7 heteroatoms. The van der Waals surface area contributed by atoms with E-state index in [0.717, 1.165) is 0 Å². The van der Waals surface area contributed by atoms with Crippen molar-refractivity contribution in [1.29, 1.82) is 0 Å². The number of hydrogen-bond donors (Lipinski definition) is 2. The Kier molecular flexibility index (Phi) is 2.84. The zero-order valence-corrected chi connectivity index (χ0v) is 9.81. The first-order chi connectivity index (χ1) is 8.02. The number of fused-ring (bicyclic) bond motifs is 1. The van der Waals surface area contributed by atoms with E-state index in [1.54, 1.807) is 0 Å². The van der Waals surface area contributed by atoms with Gasteiger partial charge in [0.2, 0.25) is 5.91 Å². The molecule has 0 radical (unpaired) electrons. The molecule has 0 saturated heterocycles. The van der Waals surface area contributed by atoms with Crippen LogP contribution in [0.25, 0.3) is 11.0 Å². The molecule has 0 atom stereocenters. The summed E-state index contributed by atoms with van der Waals surface area (Å²) in [6.45, 7) is -0.0619. The van der Waals surface area contributed by atoms with E-state index in [-0.39, 0.29) is 12.3 Å². The summed E-state index contributed by atoms with van der Waals surface area (Å²) in [5.41, 5.74) is 6.19. The van der Waals surface area contributed by atoms with E-state index < -0.39 is 11.7 Å². The van der Waals surface area contributed by atoms with Crippen molar-refractivity contribution >= 4 is 29.2 Å². The second kappa shape index (κ2) is 4.17. The fraction of sp³-hybridized carbons (Fsp3) is 0.200. The summed E-state index contributed by atoms with van der Waals surface area (Å²) in [6, 6.07) is 2.74. The lowest BCUT2D eigenvalue weighted by atomic mass is 10.3. The number of carbonyl (C=O) groups is 1. The molecule has 0 spiro atoms. The number of primary amides is 1. The largest absolute Gasteiger partial charge is 0.494 e. The van der Waals surface area contributed by atoms with Crippen LogP contribution in [0.5, 0.6) is 5.75 Å². The maximum Gasteiger partial charge on any atom is 0.237 e. The van der Waals surface area contributed by atoms with Crippen LogP contribution in [0.2, 0.25) is 0 Å². The molecule has 90 valence electrons. The average Bonchev–Trinajstić information content (AvgIpc) is 2.53. The number of hydrogen-bond acceptors (Lipinski definition) is 3. The molecule has 0 unspecified atom stereocenters. The quantitative estimate of drug-likeness (QED) is 0.813. The highest BCUT2D eigenvalue weighted by molar-refractivity contribution is 7.71. The average molecular weight is 255 g/mol. The highest BCUT2D eigenvalue weighted by Gasteiger charge is 2.11. The molecule has 1 amide bonds. The van der Waals surface area contributed by atoms with E-state index in [1.807, 2.05) is 0 Å². The molecule has 0 bridgehead atoms. The normalized spacial score (nSPS) is 10.7. The van der Waals surface area contributed by atoms with Gasteiger partial charge in [-0.05, 0) is 12.2 Å². The van der Waals surface area contributed by atoms with Crippen LogP contribution in [0.3, 0.4) is 0 Å². The monoisotopic (exact) mass is 255 g/mol. The molecule has 2 aromatic rings. The van der Waals surface area contributed by atoms with Gasteiger partial charge < -0.3 is 20.0 Å². The van der Waals surface area contributed by atoms with E-state index in [0.29, 0.717) is 15.8 Å². The number of halogens is 1. The molecule has 5 nitrogen and oxygen atoms in total. The van der Waals surface area contributed by atoms with E-state index in [4.69, 9.17) is 22.7 Å². The van der Waals surface area contributed by atoms with Crippen molar-refractivity contribution in [2.45, 2.75) is 6.54 Å². The standard InChI is InChI=1S/C10H10FN3O2S/c1-16-8-3-7-6(2-5(8)11)13-10(17)14(7)4-9(12)15/h2-3H,4H2,1H3,(H2,12,15)(H,13,17). The maximum absolute atomic E-state index is 13.4. The molecule has 3 N–H and O–H groups in total. The van der Waals surface area contributed by atoms with Gasteiger partial charge in [-0.1, -0.05) is 0 Å². The summed E-state index contributed by atoms with van der Waals surface area (Å²) in [5, 5.41) is 0. The number of amides is 1. The number of imidazole rings is 1. The van der Waals surface area contributed by atoms with Crippen molar-refractivity contribution in [3.8, 4) is 5.75 Å². The lowest BCUT2D eigenvalue weighted by molar-refractivity contribution is -0.118. The van der Waals surface area contributed by atoms with Crippen LogP contribution in [0, 0.1) is 10.6 Å². The van der Waals surface area contributed by atoms with E-state index >= 15 is 0 Å². The number of carbonyl (C=O) groups excluding carboxylic acids is 1. The highest BCUT2D eigenvalue weighted by Crippen LogP contribution is 2.24. The van der Waals surface area contributed by atoms with E-state index in [2.05, 4.69) is 4.98 Å². The Morgan fingerprint density at radius 1 is 1.65 bits per heavy atom. The Labute approximate surface area is 101 Å². The van der Waals surface area contributed by atoms with Crippen LogP contribution in [0.4, 0.5) is 4.39 Å². The second-order valence-corrected chi connectivity index (χ2v) is 3.87. The van der Waals surface area contributed by atoms with Crippen LogP contribution in [-0.4, -0.2) is 22.6 Å². The molecule has 1 aromatic heterocycles. The fourth-order valence-corrected chi connectivity index (χ4v) is 1.90. The molecule has 0 aliphatic rings. The Bertz CT molecular complexity index is 647. The lowest BCUT2D eigenvalue weighted by Crippen LogP contribution is -2.18. The minimum atomic E-state index is -0.523.